The lowest BCUT2D eigenvalue weighted by Gasteiger charge is -2.16. The number of hydrogen-bond acceptors (Lipinski definition) is 3. The highest BCUT2D eigenvalue weighted by Crippen LogP contribution is 2.29. The highest BCUT2D eigenvalue weighted by atomic mass is 19.1. The molecule has 1 aromatic heterocycles. The Morgan fingerprint density at radius 3 is 2.71 bits per heavy atom. The summed E-state index contributed by atoms with van der Waals surface area (Å²) in [4.78, 5) is 24.2. The molecule has 2 unspecified atom stereocenters. The number of amides is 1. The number of carbonyl (C=O) groups excluding carboxylic acids is 1. The van der Waals surface area contributed by atoms with Crippen LogP contribution >= 0.6 is 0 Å². The zero-order valence-electron chi connectivity index (χ0n) is 15.7. The molecule has 2 aliphatic rings. The Kier molecular flexibility index (Phi) is 5.15. The lowest BCUT2D eigenvalue weighted by Crippen LogP contribution is -2.35. The van der Waals surface area contributed by atoms with Crippen molar-refractivity contribution in [3.8, 4) is 5.69 Å². The first-order valence-corrected chi connectivity index (χ1v) is 9.94. The minimum Gasteiger partial charge on any atom is -0.481 e. The fourth-order valence-corrected chi connectivity index (χ4v) is 4.39. The van der Waals surface area contributed by atoms with E-state index in [1.54, 1.807) is 22.9 Å². The molecule has 0 radical (unpaired) electrons. The van der Waals surface area contributed by atoms with E-state index in [0.29, 0.717) is 30.6 Å². The van der Waals surface area contributed by atoms with E-state index in [2.05, 4.69) is 10.4 Å². The predicted molar refractivity (Wildman–Crippen MR) is 101 cm³/mol. The molecule has 2 atom stereocenters. The number of carbonyl (C=O) groups is 2. The number of carboxylic acids is 1. The van der Waals surface area contributed by atoms with Gasteiger partial charge in [-0.3, -0.25) is 9.59 Å². The minimum atomic E-state index is -0.756. The Morgan fingerprint density at radius 2 is 1.93 bits per heavy atom. The maximum Gasteiger partial charge on any atom is 0.306 e. The number of fused-ring (bicyclic) bond motifs is 1. The highest BCUT2D eigenvalue weighted by molar-refractivity contribution is 5.94. The van der Waals surface area contributed by atoms with Crippen LogP contribution in [0.2, 0.25) is 0 Å². The van der Waals surface area contributed by atoms with Crippen LogP contribution in [0.4, 0.5) is 4.39 Å². The second-order valence-corrected chi connectivity index (χ2v) is 7.70. The van der Waals surface area contributed by atoms with E-state index in [1.807, 2.05) is 0 Å². The smallest absolute Gasteiger partial charge is 0.306 e. The van der Waals surface area contributed by atoms with Crippen molar-refractivity contribution in [3.05, 3.63) is 47.0 Å². The largest absolute Gasteiger partial charge is 0.481 e. The molecule has 2 aliphatic carbocycles. The number of carboxylic acid groups (broad SMARTS) is 1. The van der Waals surface area contributed by atoms with Gasteiger partial charge in [0.05, 0.1) is 5.92 Å². The third kappa shape index (κ3) is 3.53. The number of hydrogen-bond donors (Lipinski definition) is 2. The number of nitrogens with one attached hydrogen (secondary N) is 1. The number of nitrogens with zero attached hydrogens (tertiary/aromatic N) is 2. The van der Waals surface area contributed by atoms with Gasteiger partial charge in [-0.25, -0.2) is 9.07 Å². The van der Waals surface area contributed by atoms with E-state index in [1.165, 1.54) is 6.07 Å². The summed E-state index contributed by atoms with van der Waals surface area (Å²) < 4.78 is 15.8. The van der Waals surface area contributed by atoms with Crippen LogP contribution in [0.1, 0.15) is 60.3 Å². The van der Waals surface area contributed by atoms with Gasteiger partial charge in [-0.1, -0.05) is 18.6 Å². The predicted octanol–water partition coefficient (Wildman–Crippen LogP) is 3.26. The SMILES string of the molecule is O=C(NC1CCCC(C(=O)O)CC1)c1nn(-c2ccccc2F)c2c1CCC2. The van der Waals surface area contributed by atoms with Gasteiger partial charge in [0.2, 0.25) is 0 Å². The second-order valence-electron chi connectivity index (χ2n) is 7.70. The first-order valence-electron chi connectivity index (χ1n) is 9.94. The van der Waals surface area contributed by atoms with Gasteiger partial charge in [-0.2, -0.15) is 5.10 Å². The van der Waals surface area contributed by atoms with Gasteiger partial charge in [0.15, 0.2) is 5.69 Å². The molecule has 2 aromatic rings. The van der Waals surface area contributed by atoms with Crippen LogP contribution in [0, 0.1) is 11.7 Å². The van der Waals surface area contributed by atoms with Gasteiger partial charge in [-0.15, -0.1) is 0 Å². The number of benzene rings is 1. The van der Waals surface area contributed by atoms with Crippen LogP contribution < -0.4 is 5.32 Å². The van der Waals surface area contributed by atoms with E-state index in [0.717, 1.165) is 43.4 Å². The molecule has 1 aromatic carbocycles. The average molecular weight is 385 g/mol. The molecule has 1 amide bonds. The second kappa shape index (κ2) is 7.73. The summed E-state index contributed by atoms with van der Waals surface area (Å²) in [6.07, 6.45) is 5.88. The molecule has 0 bridgehead atoms. The molecular weight excluding hydrogens is 361 g/mol. The molecular formula is C21H24FN3O3. The van der Waals surface area contributed by atoms with Crippen molar-refractivity contribution >= 4 is 11.9 Å². The van der Waals surface area contributed by atoms with Crippen LogP contribution in [-0.4, -0.2) is 32.8 Å². The molecule has 28 heavy (non-hydrogen) atoms. The van der Waals surface area contributed by atoms with E-state index in [-0.39, 0.29) is 23.7 Å². The number of rotatable bonds is 4. The monoisotopic (exact) mass is 385 g/mol. The van der Waals surface area contributed by atoms with Gasteiger partial charge in [0, 0.05) is 17.3 Å². The zero-order chi connectivity index (χ0) is 19.7. The third-order valence-corrected chi connectivity index (χ3v) is 5.88. The number of halogens is 1. The standard InChI is InChI=1S/C21H24FN3O3/c22-16-8-1-2-9-18(16)25-17-10-4-7-15(17)19(24-25)20(26)23-14-6-3-5-13(11-12-14)21(27)28/h1-2,8-9,13-14H,3-7,10-12H2,(H,23,26)(H,27,28). The van der Waals surface area contributed by atoms with Crippen molar-refractivity contribution in [2.75, 3.05) is 0 Å². The summed E-state index contributed by atoms with van der Waals surface area (Å²) in [7, 11) is 0. The maximum absolute atomic E-state index is 14.3. The van der Waals surface area contributed by atoms with Crippen molar-refractivity contribution in [1.29, 1.82) is 0 Å². The molecule has 148 valence electrons. The van der Waals surface area contributed by atoms with Crippen LogP contribution in [0.15, 0.2) is 24.3 Å². The maximum atomic E-state index is 14.3. The van der Waals surface area contributed by atoms with Crippen molar-refractivity contribution in [2.24, 2.45) is 5.92 Å². The first-order chi connectivity index (χ1) is 13.5. The molecule has 0 saturated heterocycles. The summed E-state index contributed by atoms with van der Waals surface area (Å²) in [5.74, 6) is -1.69. The first kappa shape index (κ1) is 18.7. The number of aromatic nitrogens is 2. The number of aliphatic carboxylic acids is 1. The van der Waals surface area contributed by atoms with Gasteiger partial charge in [0.1, 0.15) is 11.5 Å². The van der Waals surface area contributed by atoms with Crippen molar-refractivity contribution in [3.63, 3.8) is 0 Å². The summed E-state index contributed by atoms with van der Waals surface area (Å²) in [6.45, 7) is 0. The zero-order valence-corrected chi connectivity index (χ0v) is 15.7. The Labute approximate surface area is 162 Å². The van der Waals surface area contributed by atoms with Crippen LogP contribution in [-0.2, 0) is 17.6 Å². The van der Waals surface area contributed by atoms with Crippen LogP contribution in [0.5, 0.6) is 0 Å². The summed E-state index contributed by atoms with van der Waals surface area (Å²) in [5, 5.41) is 16.7. The fraction of sp³-hybridized carbons (Fsp3) is 0.476. The molecule has 1 fully saturated rings. The normalized spacial score (nSPS) is 21.8. The lowest BCUT2D eigenvalue weighted by molar-refractivity contribution is -0.142. The number of para-hydroxylation sites is 1. The van der Waals surface area contributed by atoms with E-state index in [9.17, 15) is 19.1 Å². The average Bonchev–Trinajstić information content (AvgIpc) is 3.19. The van der Waals surface area contributed by atoms with Gasteiger partial charge >= 0.3 is 5.97 Å². The Balaban J connectivity index is 1.55. The van der Waals surface area contributed by atoms with Gasteiger partial charge in [-0.05, 0) is 57.1 Å². The van der Waals surface area contributed by atoms with Crippen molar-refractivity contribution in [1.82, 2.24) is 15.1 Å². The molecule has 1 saturated carbocycles. The topological polar surface area (TPSA) is 84.2 Å². The van der Waals surface area contributed by atoms with Gasteiger partial charge in [0.25, 0.3) is 5.91 Å². The molecule has 0 spiro atoms. The minimum absolute atomic E-state index is 0.0486. The quantitative estimate of drug-likeness (QED) is 0.791. The Hall–Kier alpha value is -2.70. The Bertz CT molecular complexity index is 908. The van der Waals surface area contributed by atoms with Crippen LogP contribution in [0.25, 0.3) is 5.69 Å². The van der Waals surface area contributed by atoms with E-state index >= 15 is 0 Å². The molecule has 4 rings (SSSR count). The Morgan fingerprint density at radius 1 is 1.11 bits per heavy atom. The molecule has 1 heterocycles. The molecule has 0 aliphatic heterocycles. The lowest BCUT2D eigenvalue weighted by atomic mass is 10.0. The summed E-state index contributed by atoms with van der Waals surface area (Å²) >= 11 is 0. The third-order valence-electron chi connectivity index (χ3n) is 5.88. The van der Waals surface area contributed by atoms with E-state index < -0.39 is 5.97 Å². The summed E-state index contributed by atoms with van der Waals surface area (Å²) in [5.41, 5.74) is 2.54. The summed E-state index contributed by atoms with van der Waals surface area (Å²) in [6, 6.07) is 6.40. The van der Waals surface area contributed by atoms with Gasteiger partial charge < -0.3 is 10.4 Å². The molecule has 6 nitrogen and oxygen atoms in total. The molecule has 7 heteroatoms. The fourth-order valence-electron chi connectivity index (χ4n) is 4.39. The highest BCUT2D eigenvalue weighted by Gasteiger charge is 2.30. The molecule has 2 N–H and O–H groups in total. The van der Waals surface area contributed by atoms with E-state index in [4.69, 9.17) is 0 Å². The van der Waals surface area contributed by atoms with Crippen molar-refractivity contribution < 1.29 is 19.1 Å². The van der Waals surface area contributed by atoms with Crippen LogP contribution in [0.3, 0.4) is 0 Å². The van der Waals surface area contributed by atoms with Crippen molar-refractivity contribution in [2.45, 2.75) is 57.4 Å².